The molecule has 5 amide bonds. The number of nitrogens with zero attached hydrogens (tertiary/aromatic N) is 2. The maximum atomic E-state index is 13.1. The number of para-hydroxylation sites is 2. The summed E-state index contributed by atoms with van der Waals surface area (Å²) in [5, 5.41) is 8.33. The first-order valence-electron chi connectivity index (χ1n) is 10.3. The van der Waals surface area contributed by atoms with Crippen molar-refractivity contribution in [3.05, 3.63) is 24.3 Å². The quantitative estimate of drug-likeness (QED) is 0.657. The van der Waals surface area contributed by atoms with Gasteiger partial charge in [0, 0.05) is 32.2 Å². The van der Waals surface area contributed by atoms with Gasteiger partial charge >= 0.3 is 12.1 Å². The molecule has 0 aliphatic carbocycles. The number of urea groups is 2. The van der Waals surface area contributed by atoms with Crippen LogP contribution in [0.2, 0.25) is 0 Å². The lowest BCUT2D eigenvalue weighted by molar-refractivity contribution is -0.136. The van der Waals surface area contributed by atoms with Crippen molar-refractivity contribution in [2.75, 3.05) is 38.6 Å². The molecule has 0 spiro atoms. The lowest BCUT2D eigenvalue weighted by Gasteiger charge is -2.41. The van der Waals surface area contributed by atoms with Crippen LogP contribution in [0.4, 0.5) is 15.3 Å². The van der Waals surface area contributed by atoms with Crippen LogP contribution in [0.5, 0.6) is 5.75 Å². The third-order valence-electron chi connectivity index (χ3n) is 5.10. The van der Waals surface area contributed by atoms with Gasteiger partial charge < -0.3 is 30.5 Å². The highest BCUT2D eigenvalue weighted by atomic mass is 16.5. The number of nitrogens with one attached hydrogen (secondary N) is 3. The molecule has 1 heterocycles. The molecule has 1 saturated heterocycles. The van der Waals surface area contributed by atoms with Gasteiger partial charge in [-0.1, -0.05) is 26.0 Å². The molecule has 30 heavy (non-hydrogen) atoms. The molecule has 1 aliphatic heterocycles. The average Bonchev–Trinajstić information content (AvgIpc) is 2.71. The van der Waals surface area contributed by atoms with Crippen LogP contribution in [0.15, 0.2) is 24.3 Å². The summed E-state index contributed by atoms with van der Waals surface area (Å²) in [6.07, 6.45) is 0. The Kier molecular flexibility index (Phi) is 8.32. The minimum absolute atomic E-state index is 0.0994. The van der Waals surface area contributed by atoms with Crippen molar-refractivity contribution in [1.29, 1.82) is 0 Å². The van der Waals surface area contributed by atoms with Crippen molar-refractivity contribution in [2.45, 2.75) is 39.8 Å². The minimum atomic E-state index is -0.678. The number of methoxy groups -OCH3 is 1. The Morgan fingerprint density at radius 2 is 1.90 bits per heavy atom. The third kappa shape index (κ3) is 5.77. The lowest BCUT2D eigenvalue weighted by Crippen LogP contribution is -2.61. The normalized spacial score (nSPS) is 17.3. The van der Waals surface area contributed by atoms with Gasteiger partial charge in [0.05, 0.1) is 12.8 Å². The molecule has 2 unspecified atom stereocenters. The summed E-state index contributed by atoms with van der Waals surface area (Å²) >= 11 is 0. The molecule has 9 heteroatoms. The first-order chi connectivity index (χ1) is 14.3. The fourth-order valence-corrected chi connectivity index (χ4v) is 3.47. The molecule has 0 saturated carbocycles. The monoisotopic (exact) mass is 419 g/mol. The van der Waals surface area contributed by atoms with Crippen LogP contribution in [0, 0.1) is 5.92 Å². The van der Waals surface area contributed by atoms with Crippen molar-refractivity contribution in [3.8, 4) is 5.75 Å². The molecule has 1 aliphatic rings. The zero-order chi connectivity index (χ0) is 22.3. The second-order valence-electron chi connectivity index (χ2n) is 7.68. The van der Waals surface area contributed by atoms with Crippen LogP contribution < -0.4 is 20.7 Å². The van der Waals surface area contributed by atoms with Crippen LogP contribution in [0.3, 0.4) is 0 Å². The highest BCUT2D eigenvalue weighted by molar-refractivity contribution is 5.95. The van der Waals surface area contributed by atoms with Gasteiger partial charge in [-0.05, 0) is 31.9 Å². The lowest BCUT2D eigenvalue weighted by atomic mass is 10.0. The number of rotatable bonds is 6. The van der Waals surface area contributed by atoms with Gasteiger partial charge in [0.2, 0.25) is 5.91 Å². The number of hydrogen-bond acceptors (Lipinski definition) is 4. The van der Waals surface area contributed by atoms with Crippen LogP contribution in [-0.4, -0.2) is 73.1 Å². The van der Waals surface area contributed by atoms with E-state index >= 15 is 0 Å². The standard InChI is InChI=1S/C21H33N5O4/c1-6-22-21(29)26-12-11-25(13-15(26)4)19(27)18(14(2)3)24-20(28)23-16-9-7-8-10-17(16)30-5/h7-10,14-15,18H,6,11-13H2,1-5H3,(H,22,29)(H2,23,24,28). The number of anilines is 1. The number of amides is 5. The molecule has 1 aromatic rings. The van der Waals surface area contributed by atoms with Gasteiger partial charge in [-0.15, -0.1) is 0 Å². The smallest absolute Gasteiger partial charge is 0.320 e. The van der Waals surface area contributed by atoms with Crippen molar-refractivity contribution >= 4 is 23.7 Å². The fourth-order valence-electron chi connectivity index (χ4n) is 3.47. The molecule has 3 N–H and O–H groups in total. The Balaban J connectivity index is 2.01. The number of hydrogen-bond donors (Lipinski definition) is 3. The molecule has 0 bridgehead atoms. The number of carbonyl (C=O) groups excluding carboxylic acids is 3. The minimum Gasteiger partial charge on any atom is -0.495 e. The summed E-state index contributed by atoms with van der Waals surface area (Å²) in [5.74, 6) is 0.288. The molecule has 2 atom stereocenters. The Morgan fingerprint density at radius 1 is 1.20 bits per heavy atom. The summed E-state index contributed by atoms with van der Waals surface area (Å²) < 4.78 is 5.24. The summed E-state index contributed by atoms with van der Waals surface area (Å²) in [6.45, 7) is 9.44. The van der Waals surface area contributed by atoms with E-state index in [-0.39, 0.29) is 23.9 Å². The topological polar surface area (TPSA) is 103 Å². The number of carbonyl (C=O) groups is 3. The molecule has 166 valence electrons. The van der Waals surface area contributed by atoms with Gasteiger partial charge in [0.25, 0.3) is 0 Å². The predicted octanol–water partition coefficient (Wildman–Crippen LogP) is 2.10. The van der Waals surface area contributed by atoms with E-state index in [9.17, 15) is 14.4 Å². The zero-order valence-corrected chi connectivity index (χ0v) is 18.4. The molecule has 1 fully saturated rings. The van der Waals surface area contributed by atoms with E-state index in [2.05, 4.69) is 16.0 Å². The van der Waals surface area contributed by atoms with Crippen molar-refractivity contribution in [2.24, 2.45) is 5.92 Å². The summed E-state index contributed by atoms with van der Waals surface area (Å²) in [4.78, 5) is 41.3. The van der Waals surface area contributed by atoms with Crippen LogP contribution in [0.25, 0.3) is 0 Å². The molecule has 1 aromatic carbocycles. The maximum absolute atomic E-state index is 13.1. The molecule has 9 nitrogen and oxygen atoms in total. The number of benzene rings is 1. The molecular formula is C21H33N5O4. The van der Waals surface area contributed by atoms with Gasteiger partial charge in [-0.25, -0.2) is 9.59 Å². The third-order valence-corrected chi connectivity index (χ3v) is 5.10. The Morgan fingerprint density at radius 3 is 2.50 bits per heavy atom. The first kappa shape index (κ1) is 23.3. The van der Waals surface area contributed by atoms with Crippen molar-refractivity contribution in [1.82, 2.24) is 20.4 Å². The molecule has 0 aromatic heterocycles. The molecular weight excluding hydrogens is 386 g/mol. The predicted molar refractivity (Wildman–Crippen MR) is 116 cm³/mol. The average molecular weight is 420 g/mol. The zero-order valence-electron chi connectivity index (χ0n) is 18.4. The van der Waals surface area contributed by atoms with Crippen LogP contribution >= 0.6 is 0 Å². The van der Waals surface area contributed by atoms with E-state index in [0.29, 0.717) is 37.6 Å². The summed E-state index contributed by atoms with van der Waals surface area (Å²) in [6, 6.07) is 5.70. The van der Waals surface area contributed by atoms with Crippen LogP contribution in [-0.2, 0) is 4.79 Å². The first-order valence-corrected chi connectivity index (χ1v) is 10.3. The van der Waals surface area contributed by atoms with Gasteiger partial charge in [-0.3, -0.25) is 4.79 Å². The van der Waals surface area contributed by atoms with Gasteiger partial charge in [0.15, 0.2) is 0 Å². The van der Waals surface area contributed by atoms with Gasteiger partial charge in [-0.2, -0.15) is 0 Å². The second kappa shape index (κ2) is 10.7. The molecule has 2 rings (SSSR count). The van der Waals surface area contributed by atoms with E-state index in [1.165, 1.54) is 7.11 Å². The van der Waals surface area contributed by atoms with E-state index in [1.54, 1.807) is 28.0 Å². The molecule has 0 radical (unpaired) electrons. The van der Waals surface area contributed by atoms with Gasteiger partial charge in [0.1, 0.15) is 11.8 Å². The highest BCUT2D eigenvalue weighted by Gasteiger charge is 2.34. The Bertz CT molecular complexity index is 755. The maximum Gasteiger partial charge on any atom is 0.320 e. The largest absolute Gasteiger partial charge is 0.495 e. The van der Waals surface area contributed by atoms with Crippen molar-refractivity contribution in [3.63, 3.8) is 0 Å². The second-order valence-corrected chi connectivity index (χ2v) is 7.68. The highest BCUT2D eigenvalue weighted by Crippen LogP contribution is 2.23. The van der Waals surface area contributed by atoms with Crippen molar-refractivity contribution < 1.29 is 19.1 Å². The Labute approximate surface area is 178 Å². The number of ether oxygens (including phenoxy) is 1. The summed E-state index contributed by atoms with van der Waals surface area (Å²) in [5.41, 5.74) is 0.525. The SMILES string of the molecule is CCNC(=O)N1CCN(C(=O)C(NC(=O)Nc2ccccc2OC)C(C)C)CC1C. The van der Waals surface area contributed by atoms with E-state index in [0.717, 1.165) is 0 Å². The van der Waals surface area contributed by atoms with E-state index < -0.39 is 12.1 Å². The van der Waals surface area contributed by atoms with E-state index in [4.69, 9.17) is 4.74 Å². The van der Waals surface area contributed by atoms with Crippen LogP contribution in [0.1, 0.15) is 27.7 Å². The van der Waals surface area contributed by atoms with E-state index in [1.807, 2.05) is 33.8 Å². The fraction of sp³-hybridized carbons (Fsp3) is 0.571. The number of piperazine rings is 1. The summed E-state index contributed by atoms with van der Waals surface area (Å²) in [7, 11) is 1.53. The Hall–Kier alpha value is -2.97.